The second-order valence-electron chi connectivity index (χ2n) is 0.447. The minimum atomic E-state index is -1.75. The molecule has 0 heterocycles. The zero-order chi connectivity index (χ0) is 7.15. The average Bonchev–Trinajstić information content (AvgIpc) is 1.25. The van der Waals surface area contributed by atoms with E-state index in [9.17, 15) is 0 Å². The van der Waals surface area contributed by atoms with E-state index >= 15 is 0 Å². The van der Waals surface area contributed by atoms with Gasteiger partial charge in [0.2, 0.25) is 0 Å². The molecule has 0 aromatic heterocycles. The molecule has 0 unspecified atom stereocenters. The molecular formula is N2O6PuTh+2. The maximum absolute atomic E-state index is 8.25. The minimum Gasteiger partial charge on any atom is -0.356 e. The SMILES string of the molecule is O=[N+]([O-])[O-].O=[N+]([O-])[O-].[Pu].[Th+4]. The predicted molar refractivity (Wildman–Crippen MR) is 20.7 cm³/mol. The van der Waals surface area contributed by atoms with Crippen LogP contribution in [0, 0.1) is 99.8 Å². The van der Waals surface area contributed by atoms with Gasteiger partial charge in [0.15, 0.2) is 0 Å². The smallest absolute Gasteiger partial charge is 0.356 e. The summed E-state index contributed by atoms with van der Waals surface area (Å²) in [7, 11) is 0. The Balaban J connectivity index is -0.0000000300. The van der Waals surface area contributed by atoms with Gasteiger partial charge in [-0.3, -0.25) is 0 Å². The number of hydrogen-bond donors (Lipinski definition) is 0. The Morgan fingerprint density at radius 3 is 0.800 bits per heavy atom. The van der Waals surface area contributed by atoms with Crippen LogP contribution in [0.2, 0.25) is 0 Å². The van der Waals surface area contributed by atoms with Crippen LogP contribution in [0.3, 0.4) is 0 Å². The Kier molecular flexibility index (Phi) is 36.7. The summed E-state index contributed by atoms with van der Waals surface area (Å²) in [6.45, 7) is 0. The molecule has 10 heavy (non-hydrogen) atoms. The first-order chi connectivity index (χ1) is 3.46. The van der Waals surface area contributed by atoms with Gasteiger partial charge in [0.1, 0.15) is 0 Å². The molecule has 0 radical (unpaired) electrons. The van der Waals surface area contributed by atoms with E-state index in [-0.39, 0.29) is 69.1 Å². The predicted octanol–water partition coefficient (Wildman–Crippen LogP) is -0.478. The molecule has 0 aromatic rings. The van der Waals surface area contributed by atoms with Crippen LogP contribution in [-0.4, -0.2) is 10.2 Å². The van der Waals surface area contributed by atoms with Crippen molar-refractivity contribution >= 4 is 0 Å². The van der Waals surface area contributed by atoms with Crippen LogP contribution >= 0.6 is 0 Å². The third-order valence-corrected chi connectivity index (χ3v) is 0. The summed E-state index contributed by atoms with van der Waals surface area (Å²) < 4.78 is 0. The normalized spacial score (nSPS) is 4.80. The van der Waals surface area contributed by atoms with Crippen LogP contribution in [0.15, 0.2) is 0 Å². The topological polar surface area (TPSA) is 132 Å². The summed E-state index contributed by atoms with van der Waals surface area (Å²) in [5.41, 5.74) is 0. The fraction of sp³-hybridized carbons (Fsp3) is 0. The molecule has 0 saturated heterocycles. The van der Waals surface area contributed by atoms with Crippen molar-refractivity contribution in [2.75, 3.05) is 0 Å². The molecule has 54 valence electrons. The Labute approximate surface area is 108 Å². The van der Waals surface area contributed by atoms with E-state index in [1.165, 1.54) is 0 Å². The first kappa shape index (κ1) is 22.4. The number of hydrogen-bond acceptors (Lipinski definition) is 6. The minimum absolute atomic E-state index is 0. The van der Waals surface area contributed by atoms with Gasteiger partial charge in [-0.1, -0.05) is 0 Å². The maximum atomic E-state index is 8.25. The molecule has 0 bridgehead atoms. The standard InChI is InChI=1S/2NO3.Pu.Th/c2*2-1(3)4;;/q2*-1;;+4. The molecule has 10 heteroatoms. The second-order valence-corrected chi connectivity index (χ2v) is 0.447. The molecule has 0 saturated carbocycles. The fourth-order valence-corrected chi connectivity index (χ4v) is 0. The van der Waals surface area contributed by atoms with Gasteiger partial charge >= 0.3 is 39.9 Å². The molecule has 0 atom stereocenters. The molecule has 0 N–H and O–H groups in total. The van der Waals surface area contributed by atoms with Crippen LogP contribution in [0.5, 0.6) is 0 Å². The van der Waals surface area contributed by atoms with Gasteiger partial charge in [0.25, 0.3) is 0 Å². The van der Waals surface area contributed by atoms with Crippen LogP contribution in [0.25, 0.3) is 0 Å². The third-order valence-electron chi connectivity index (χ3n) is 0. The van der Waals surface area contributed by atoms with E-state index < -0.39 is 10.2 Å². The molecular weight excluding hydrogens is 600 g/mol. The van der Waals surface area contributed by atoms with Gasteiger partial charge in [0, 0.05) is 29.2 Å². The fourth-order valence-electron chi connectivity index (χ4n) is 0. The van der Waals surface area contributed by atoms with Crippen molar-refractivity contribution in [2.45, 2.75) is 0 Å². The molecule has 0 fully saturated rings. The molecule has 0 rings (SSSR count). The van der Waals surface area contributed by atoms with Gasteiger partial charge in [-0.05, 0) is 0 Å². The molecule has 0 aliphatic rings. The van der Waals surface area contributed by atoms with Crippen molar-refractivity contribution < 1.29 is 79.3 Å². The zero-order valence-corrected chi connectivity index (χ0v) is 11.8. The quantitative estimate of drug-likeness (QED) is 0.273. The van der Waals surface area contributed by atoms with Crippen molar-refractivity contribution in [1.29, 1.82) is 0 Å². The van der Waals surface area contributed by atoms with Crippen LogP contribution in [0.1, 0.15) is 0 Å². The van der Waals surface area contributed by atoms with Gasteiger partial charge in [-0.25, -0.2) is 0 Å². The van der Waals surface area contributed by atoms with Crippen LogP contribution < -0.4 is 0 Å². The van der Waals surface area contributed by atoms with Crippen LogP contribution in [-0.2, 0) is 0 Å². The summed E-state index contributed by atoms with van der Waals surface area (Å²) >= 11 is 0. The summed E-state index contributed by atoms with van der Waals surface area (Å²) in [5, 5.41) is 29.5. The van der Waals surface area contributed by atoms with Crippen LogP contribution in [0.4, 0.5) is 0 Å². The first-order valence-electron chi connectivity index (χ1n) is 1.10. The van der Waals surface area contributed by atoms with Crippen molar-refractivity contribution in [3.8, 4) is 0 Å². The monoisotopic (exact) mass is 594 g/mol. The molecule has 0 aromatic carbocycles. The van der Waals surface area contributed by atoms with E-state index in [0.717, 1.165) is 0 Å². The Hall–Kier alpha value is 0.712. The largest absolute Gasteiger partial charge is 4.00 e. The summed E-state index contributed by atoms with van der Waals surface area (Å²) in [4.78, 5) is 16.5. The Morgan fingerprint density at radius 1 is 0.800 bits per heavy atom. The zero-order valence-electron chi connectivity index (χ0n) is 4.25. The molecule has 0 aliphatic heterocycles. The van der Waals surface area contributed by atoms with Gasteiger partial charge in [-0.2, -0.15) is 0 Å². The number of rotatable bonds is 0. The summed E-state index contributed by atoms with van der Waals surface area (Å²) in [5.74, 6) is 0. The third kappa shape index (κ3) is 1020. The van der Waals surface area contributed by atoms with E-state index in [1.807, 2.05) is 0 Å². The van der Waals surface area contributed by atoms with Gasteiger partial charge in [0.05, 0.1) is 10.2 Å². The van der Waals surface area contributed by atoms with Gasteiger partial charge < -0.3 is 30.6 Å². The summed E-state index contributed by atoms with van der Waals surface area (Å²) in [6.07, 6.45) is 0. The second kappa shape index (κ2) is 16.4. The van der Waals surface area contributed by atoms with E-state index in [0.29, 0.717) is 0 Å². The molecule has 0 amide bonds. The van der Waals surface area contributed by atoms with Gasteiger partial charge in [-0.15, -0.1) is 0 Å². The maximum Gasteiger partial charge on any atom is 4.00 e. The van der Waals surface area contributed by atoms with Crippen molar-refractivity contribution in [1.82, 2.24) is 0 Å². The summed E-state index contributed by atoms with van der Waals surface area (Å²) in [6, 6.07) is 0. The van der Waals surface area contributed by atoms with Crippen molar-refractivity contribution in [2.24, 2.45) is 0 Å². The molecule has 0 aliphatic carbocycles. The van der Waals surface area contributed by atoms with E-state index in [4.69, 9.17) is 30.6 Å². The van der Waals surface area contributed by atoms with E-state index in [2.05, 4.69) is 0 Å². The average molecular weight is 600 g/mol. The van der Waals surface area contributed by atoms with Crippen molar-refractivity contribution in [3.05, 3.63) is 30.6 Å². The Bertz CT molecular complexity index is 73.7. The first-order valence-corrected chi connectivity index (χ1v) is 1.10. The molecule has 0 spiro atoms. The van der Waals surface area contributed by atoms with E-state index in [1.54, 1.807) is 0 Å². The van der Waals surface area contributed by atoms with Crippen molar-refractivity contribution in [3.63, 3.8) is 0 Å². The molecule has 8 nitrogen and oxygen atoms in total. The Morgan fingerprint density at radius 2 is 0.800 bits per heavy atom. The number of nitrogens with zero attached hydrogens (tertiary/aromatic N) is 2.